The summed E-state index contributed by atoms with van der Waals surface area (Å²) in [5.41, 5.74) is 2.21. The van der Waals surface area contributed by atoms with Crippen molar-refractivity contribution in [1.82, 2.24) is 10.6 Å². The molecule has 2 aromatic carbocycles. The van der Waals surface area contributed by atoms with Crippen LogP contribution in [0.3, 0.4) is 0 Å². The van der Waals surface area contributed by atoms with Crippen molar-refractivity contribution in [3.63, 3.8) is 0 Å². The summed E-state index contributed by atoms with van der Waals surface area (Å²) in [6.45, 7) is 1.67. The third-order valence-electron chi connectivity index (χ3n) is 5.10. The van der Waals surface area contributed by atoms with Gasteiger partial charge in [0.2, 0.25) is 0 Å². The van der Waals surface area contributed by atoms with Crippen molar-refractivity contribution in [3.8, 4) is 17.6 Å². The molecule has 1 aliphatic rings. The van der Waals surface area contributed by atoms with Crippen molar-refractivity contribution in [2.75, 3.05) is 25.2 Å². The van der Waals surface area contributed by atoms with Crippen molar-refractivity contribution in [2.45, 2.75) is 31.8 Å². The zero-order valence-corrected chi connectivity index (χ0v) is 18.6. The summed E-state index contributed by atoms with van der Waals surface area (Å²) in [5.74, 6) is 4.11. The fourth-order valence-electron chi connectivity index (χ4n) is 3.43. The molecule has 0 saturated heterocycles. The topological polar surface area (TPSA) is 108 Å². The second kappa shape index (κ2) is 11.2. The van der Waals surface area contributed by atoms with Crippen LogP contribution in [0.4, 0.5) is 5.69 Å². The second-order valence-electron chi connectivity index (χ2n) is 7.76. The largest absolute Gasteiger partial charge is 0.489 e. The molecule has 0 unspecified atom stereocenters. The standard InChI is InChI=1S/C25H27N3O5/c1-17(14-18-8-4-3-5-9-18)26-23(30)24(31)27-20-16-33-22-12-11-19(10-6-7-13-29)15-21(22)28(2)25(20)32/h3-5,8-9,11-12,15,17,20,29H,7,13-14,16H2,1-2H3,(H,26,30)(H,27,31)/t17-,20+/m1/s1. The molecule has 0 fully saturated rings. The highest BCUT2D eigenvalue weighted by Crippen LogP contribution is 2.31. The normalized spacial score (nSPS) is 15.8. The fraction of sp³-hybridized carbons (Fsp3) is 0.320. The van der Waals surface area contributed by atoms with Gasteiger partial charge in [0, 0.05) is 25.1 Å². The Morgan fingerprint density at radius 1 is 1.21 bits per heavy atom. The molecule has 3 rings (SSSR count). The number of rotatable bonds is 5. The number of anilines is 1. The molecule has 0 aromatic heterocycles. The lowest BCUT2D eigenvalue weighted by atomic mass is 10.1. The van der Waals surface area contributed by atoms with Crippen LogP contribution < -0.4 is 20.3 Å². The van der Waals surface area contributed by atoms with Crippen LogP contribution in [0, 0.1) is 11.8 Å². The summed E-state index contributed by atoms with van der Waals surface area (Å²) >= 11 is 0. The molecule has 1 aliphatic heterocycles. The summed E-state index contributed by atoms with van der Waals surface area (Å²) in [7, 11) is 1.57. The summed E-state index contributed by atoms with van der Waals surface area (Å²) in [6, 6.07) is 13.5. The van der Waals surface area contributed by atoms with E-state index in [1.54, 1.807) is 25.2 Å². The summed E-state index contributed by atoms with van der Waals surface area (Å²) in [5, 5.41) is 14.0. The fourth-order valence-corrected chi connectivity index (χ4v) is 3.43. The van der Waals surface area contributed by atoms with Gasteiger partial charge in [-0.3, -0.25) is 14.4 Å². The zero-order chi connectivity index (χ0) is 23.8. The number of amides is 3. The predicted octanol–water partition coefficient (Wildman–Crippen LogP) is 1.01. The molecule has 1 heterocycles. The number of aliphatic hydroxyl groups excluding tert-OH is 1. The number of ether oxygens (including phenoxy) is 1. The number of likely N-dealkylation sites (N-methyl/N-ethyl adjacent to an activating group) is 1. The van der Waals surface area contributed by atoms with Gasteiger partial charge in [0.25, 0.3) is 5.91 Å². The highest BCUT2D eigenvalue weighted by molar-refractivity contribution is 6.35. The van der Waals surface area contributed by atoms with Gasteiger partial charge in [-0.1, -0.05) is 42.2 Å². The lowest BCUT2D eigenvalue weighted by Gasteiger charge is -2.21. The number of fused-ring (bicyclic) bond motifs is 1. The number of hydrogen-bond acceptors (Lipinski definition) is 5. The van der Waals surface area contributed by atoms with E-state index in [0.717, 1.165) is 5.56 Å². The Balaban J connectivity index is 1.62. The molecule has 2 aromatic rings. The van der Waals surface area contributed by atoms with Crippen LogP contribution in [0.1, 0.15) is 24.5 Å². The molecule has 0 radical (unpaired) electrons. The van der Waals surface area contributed by atoms with Crippen LogP contribution in [-0.2, 0) is 20.8 Å². The van der Waals surface area contributed by atoms with Crippen LogP contribution in [-0.4, -0.2) is 55.2 Å². The van der Waals surface area contributed by atoms with E-state index in [2.05, 4.69) is 22.5 Å². The predicted molar refractivity (Wildman–Crippen MR) is 124 cm³/mol. The van der Waals surface area contributed by atoms with Crippen molar-refractivity contribution < 1.29 is 24.2 Å². The SMILES string of the molecule is C[C@H](Cc1ccccc1)NC(=O)C(=O)N[C@H]1COc2ccc(C#CCCO)cc2N(C)C1=O. The first-order valence-corrected chi connectivity index (χ1v) is 10.7. The van der Waals surface area contributed by atoms with E-state index in [1.165, 1.54) is 4.90 Å². The molecule has 0 bridgehead atoms. The van der Waals surface area contributed by atoms with E-state index >= 15 is 0 Å². The van der Waals surface area contributed by atoms with Gasteiger partial charge in [0.1, 0.15) is 18.4 Å². The molecule has 0 aliphatic carbocycles. The van der Waals surface area contributed by atoms with Crippen LogP contribution in [0.5, 0.6) is 5.75 Å². The first-order valence-electron chi connectivity index (χ1n) is 10.7. The van der Waals surface area contributed by atoms with E-state index < -0.39 is 23.8 Å². The quantitative estimate of drug-likeness (QED) is 0.467. The monoisotopic (exact) mass is 449 g/mol. The smallest absolute Gasteiger partial charge is 0.310 e. The highest BCUT2D eigenvalue weighted by atomic mass is 16.5. The van der Waals surface area contributed by atoms with Gasteiger partial charge in [-0.15, -0.1) is 0 Å². The average molecular weight is 450 g/mol. The van der Waals surface area contributed by atoms with Crippen LogP contribution in [0.15, 0.2) is 48.5 Å². The van der Waals surface area contributed by atoms with Crippen LogP contribution in [0.2, 0.25) is 0 Å². The third kappa shape index (κ3) is 6.34. The van der Waals surface area contributed by atoms with E-state index in [9.17, 15) is 14.4 Å². The number of carbonyl (C=O) groups is 3. The second-order valence-corrected chi connectivity index (χ2v) is 7.76. The maximum Gasteiger partial charge on any atom is 0.310 e. The lowest BCUT2D eigenvalue weighted by Crippen LogP contribution is -2.54. The molecule has 3 N–H and O–H groups in total. The van der Waals surface area contributed by atoms with E-state index in [1.807, 2.05) is 37.3 Å². The Kier molecular flexibility index (Phi) is 8.06. The van der Waals surface area contributed by atoms with Crippen molar-refractivity contribution in [1.29, 1.82) is 0 Å². The van der Waals surface area contributed by atoms with Crippen LogP contribution >= 0.6 is 0 Å². The molecule has 8 heteroatoms. The lowest BCUT2D eigenvalue weighted by molar-refractivity contribution is -0.141. The van der Waals surface area contributed by atoms with Gasteiger partial charge in [-0.05, 0) is 37.1 Å². The molecule has 33 heavy (non-hydrogen) atoms. The van der Waals surface area contributed by atoms with Gasteiger partial charge in [-0.25, -0.2) is 0 Å². The van der Waals surface area contributed by atoms with Crippen LogP contribution in [0.25, 0.3) is 0 Å². The number of benzene rings is 2. The first kappa shape index (κ1) is 23.8. The minimum Gasteiger partial charge on any atom is -0.489 e. The molecular formula is C25H27N3O5. The average Bonchev–Trinajstić information content (AvgIpc) is 2.92. The zero-order valence-electron chi connectivity index (χ0n) is 18.6. The molecule has 172 valence electrons. The molecule has 8 nitrogen and oxygen atoms in total. The summed E-state index contributed by atoms with van der Waals surface area (Å²) < 4.78 is 5.73. The first-order chi connectivity index (χ1) is 15.9. The van der Waals surface area contributed by atoms with E-state index in [0.29, 0.717) is 29.8 Å². The Morgan fingerprint density at radius 3 is 2.70 bits per heavy atom. The minimum absolute atomic E-state index is 0.0283. The van der Waals surface area contributed by atoms with Crippen molar-refractivity contribution in [2.24, 2.45) is 0 Å². The Morgan fingerprint density at radius 2 is 1.97 bits per heavy atom. The number of carbonyl (C=O) groups excluding carboxylic acids is 3. The molecule has 2 atom stereocenters. The molecule has 0 saturated carbocycles. The Labute approximate surface area is 192 Å². The van der Waals surface area contributed by atoms with Crippen molar-refractivity contribution >= 4 is 23.4 Å². The molecule has 0 spiro atoms. The minimum atomic E-state index is -1.02. The maximum absolute atomic E-state index is 12.9. The number of nitrogens with one attached hydrogen (secondary N) is 2. The molecule has 3 amide bonds. The Bertz CT molecular complexity index is 1070. The van der Waals surface area contributed by atoms with Gasteiger partial charge >= 0.3 is 11.8 Å². The van der Waals surface area contributed by atoms with E-state index in [-0.39, 0.29) is 19.3 Å². The van der Waals surface area contributed by atoms with Gasteiger partial charge in [-0.2, -0.15) is 0 Å². The highest BCUT2D eigenvalue weighted by Gasteiger charge is 2.32. The van der Waals surface area contributed by atoms with Gasteiger partial charge in [0.05, 0.1) is 12.3 Å². The number of nitrogens with zero attached hydrogens (tertiary/aromatic N) is 1. The number of hydrogen-bond donors (Lipinski definition) is 3. The van der Waals surface area contributed by atoms with Gasteiger partial charge in [0.15, 0.2) is 0 Å². The van der Waals surface area contributed by atoms with Gasteiger partial charge < -0.3 is 25.4 Å². The number of aliphatic hydroxyl groups is 1. The summed E-state index contributed by atoms with van der Waals surface area (Å²) in [6.07, 6.45) is 0.926. The van der Waals surface area contributed by atoms with E-state index in [4.69, 9.17) is 9.84 Å². The summed E-state index contributed by atoms with van der Waals surface area (Å²) in [4.78, 5) is 39.1. The van der Waals surface area contributed by atoms with Crippen molar-refractivity contribution in [3.05, 3.63) is 59.7 Å². The molecular weight excluding hydrogens is 422 g/mol. The third-order valence-corrected chi connectivity index (χ3v) is 5.10. The maximum atomic E-state index is 12.9. The Hall–Kier alpha value is -3.83.